The molecule has 9 rings (SSSR count). The van der Waals surface area contributed by atoms with Gasteiger partial charge in [0, 0.05) is 54.5 Å². The van der Waals surface area contributed by atoms with E-state index in [9.17, 15) is 20.1 Å². The molecule has 10 unspecified atom stereocenters. The van der Waals surface area contributed by atoms with Gasteiger partial charge in [0.25, 0.3) is 0 Å². The van der Waals surface area contributed by atoms with Crippen LogP contribution in [0.1, 0.15) is 123 Å². The summed E-state index contributed by atoms with van der Waals surface area (Å²) in [6.07, 6.45) is 6.29. The number of nitrogens with zero attached hydrogens (tertiary/aromatic N) is 2. The lowest BCUT2D eigenvalue weighted by Crippen LogP contribution is -2.68. The predicted molar refractivity (Wildman–Crippen MR) is 217 cm³/mol. The highest BCUT2D eigenvalue weighted by Gasteiger charge is 2.72. The molecule has 3 N–H and O–H groups in total. The van der Waals surface area contributed by atoms with Crippen molar-refractivity contribution < 1.29 is 29.6 Å². The van der Waals surface area contributed by atoms with Crippen molar-refractivity contribution in [3.63, 3.8) is 0 Å². The SMILES string of the molecule is Cc1cc(CO)cc(CC2=C3N=CC4=C3N(C2)CC2C3=C(C(=O)CC3(C)C3(C)CCC5C(C)(C)C(=O)CCC5(C)C3C2O)C(C)(CC(O)C2OC2(C)C)CC4)c1. The third kappa shape index (κ3) is 5.26. The smallest absolute Gasteiger partial charge is 0.160 e. The number of benzene rings is 1. The molecule has 0 aromatic heterocycles. The van der Waals surface area contributed by atoms with Crippen LogP contribution in [0, 0.1) is 51.8 Å². The monoisotopic (exact) mass is 764 g/mol. The zero-order chi connectivity index (χ0) is 40.1. The number of ether oxygens (including phenoxy) is 1. The first-order chi connectivity index (χ1) is 26.2. The van der Waals surface area contributed by atoms with Gasteiger partial charge in [-0.2, -0.15) is 0 Å². The van der Waals surface area contributed by atoms with Crippen molar-refractivity contribution in [3.05, 3.63) is 68.6 Å². The number of hydrogen-bond donors (Lipinski definition) is 3. The van der Waals surface area contributed by atoms with E-state index in [1.54, 1.807) is 0 Å². The van der Waals surface area contributed by atoms with Gasteiger partial charge >= 0.3 is 0 Å². The van der Waals surface area contributed by atoms with Gasteiger partial charge in [0.1, 0.15) is 11.9 Å². The van der Waals surface area contributed by atoms with Crippen LogP contribution in [0.2, 0.25) is 0 Å². The lowest BCUT2D eigenvalue weighted by atomic mass is 9.34. The number of aliphatic hydroxyl groups is 3. The van der Waals surface area contributed by atoms with Crippen molar-refractivity contribution in [1.82, 2.24) is 4.90 Å². The summed E-state index contributed by atoms with van der Waals surface area (Å²) in [6, 6.07) is 6.32. The molecule has 4 fully saturated rings. The zero-order valence-electron chi connectivity index (χ0n) is 35.2. The van der Waals surface area contributed by atoms with Gasteiger partial charge in [0.2, 0.25) is 0 Å². The van der Waals surface area contributed by atoms with E-state index in [-0.39, 0.29) is 47.1 Å². The van der Waals surface area contributed by atoms with Crippen molar-refractivity contribution in [2.45, 2.75) is 151 Å². The highest BCUT2D eigenvalue weighted by atomic mass is 16.6. The van der Waals surface area contributed by atoms with Crippen LogP contribution in [0.25, 0.3) is 0 Å². The first-order valence-corrected chi connectivity index (χ1v) is 21.5. The standard InChI is InChI=1S/C48H64N2O6/c1-26-16-27(18-28(17-26)25-51)19-30-23-50-24-31-36-37(45(6,20-33(53)42-44(4,5)56-42)13-10-29-22-49-38(30)39(29)50)32(52)21-48(36,9)47(8)15-11-34-43(2,3)35(54)12-14-46(34,7)41(47)40(31)55/h16-18,22,31,33-34,40-42,51,53,55H,10-15,19-21,23-25H2,1-9H3. The summed E-state index contributed by atoms with van der Waals surface area (Å²) in [7, 11) is 0. The number of aliphatic imine (C=N–C) groups is 1. The fraction of sp³-hybridized carbons (Fsp3) is 0.688. The third-order valence-corrected chi connectivity index (χ3v) is 17.4. The van der Waals surface area contributed by atoms with E-state index in [0.717, 1.165) is 76.9 Å². The number of ketones is 2. The van der Waals surface area contributed by atoms with Gasteiger partial charge in [0.15, 0.2) is 5.78 Å². The molecule has 8 aliphatic rings. The first kappa shape index (κ1) is 38.6. The fourth-order valence-corrected chi connectivity index (χ4v) is 14.6. The van der Waals surface area contributed by atoms with Crippen LogP contribution in [-0.2, 0) is 27.4 Å². The maximum Gasteiger partial charge on any atom is 0.160 e. The summed E-state index contributed by atoms with van der Waals surface area (Å²) < 4.78 is 5.99. The normalized spacial score (nSPS) is 41.1. The number of aliphatic hydroxyl groups excluding tert-OH is 3. The average Bonchev–Trinajstić information content (AvgIpc) is 3.36. The quantitative estimate of drug-likeness (QED) is 0.259. The van der Waals surface area contributed by atoms with Crippen LogP contribution in [0.15, 0.2) is 56.9 Å². The van der Waals surface area contributed by atoms with Gasteiger partial charge < -0.3 is 25.0 Å². The summed E-state index contributed by atoms with van der Waals surface area (Å²) in [5, 5.41) is 35.3. The molecule has 302 valence electrons. The van der Waals surface area contributed by atoms with Gasteiger partial charge in [-0.15, -0.1) is 0 Å². The summed E-state index contributed by atoms with van der Waals surface area (Å²) in [6.45, 7) is 20.9. The number of rotatable bonds is 6. The van der Waals surface area contributed by atoms with E-state index in [0.29, 0.717) is 44.6 Å². The van der Waals surface area contributed by atoms with Gasteiger partial charge in [-0.1, -0.05) is 65.3 Å². The van der Waals surface area contributed by atoms with Crippen LogP contribution in [0.3, 0.4) is 0 Å². The number of carbonyl (C=O) groups is 2. The highest BCUT2D eigenvalue weighted by Crippen LogP contribution is 2.75. The minimum Gasteiger partial charge on any atom is -0.392 e. The van der Waals surface area contributed by atoms with Crippen molar-refractivity contribution in [3.8, 4) is 0 Å². The Hall–Kier alpha value is -2.91. The van der Waals surface area contributed by atoms with E-state index in [1.165, 1.54) is 5.57 Å². The van der Waals surface area contributed by atoms with Crippen molar-refractivity contribution in [2.24, 2.45) is 49.8 Å². The molecule has 8 heteroatoms. The second kappa shape index (κ2) is 12.3. The summed E-state index contributed by atoms with van der Waals surface area (Å²) >= 11 is 0. The molecule has 1 saturated heterocycles. The molecule has 4 heterocycles. The van der Waals surface area contributed by atoms with E-state index < -0.39 is 34.1 Å². The largest absolute Gasteiger partial charge is 0.392 e. The molecular weight excluding hydrogens is 701 g/mol. The van der Waals surface area contributed by atoms with Crippen LogP contribution < -0.4 is 0 Å². The fourth-order valence-electron chi connectivity index (χ4n) is 14.6. The lowest BCUT2D eigenvalue weighted by Gasteiger charge is -2.70. The van der Waals surface area contributed by atoms with E-state index >= 15 is 4.79 Å². The summed E-state index contributed by atoms with van der Waals surface area (Å²) in [4.78, 5) is 36.2. The third-order valence-electron chi connectivity index (χ3n) is 17.4. The van der Waals surface area contributed by atoms with Gasteiger partial charge in [-0.05, 0) is 122 Å². The zero-order valence-corrected chi connectivity index (χ0v) is 35.2. The van der Waals surface area contributed by atoms with Crippen LogP contribution >= 0.6 is 0 Å². The summed E-state index contributed by atoms with van der Waals surface area (Å²) in [5.41, 5.74) is 7.10. The molecule has 0 amide bonds. The Morgan fingerprint density at radius 2 is 1.70 bits per heavy atom. The molecule has 0 radical (unpaired) electrons. The van der Waals surface area contributed by atoms with Crippen molar-refractivity contribution >= 4 is 17.8 Å². The molecular formula is C48H64N2O6. The molecule has 4 aliphatic heterocycles. The van der Waals surface area contributed by atoms with Gasteiger partial charge in [-0.25, -0.2) is 0 Å². The maximum atomic E-state index is 15.1. The Kier molecular flexibility index (Phi) is 8.49. The Labute approximate surface area is 333 Å². The highest BCUT2D eigenvalue weighted by molar-refractivity contribution is 6.02. The van der Waals surface area contributed by atoms with E-state index in [2.05, 4.69) is 65.5 Å². The number of fused-ring (bicyclic) bond motifs is 4. The van der Waals surface area contributed by atoms with Gasteiger partial charge in [0.05, 0.1) is 35.8 Å². The molecule has 4 aliphatic carbocycles. The number of carbonyl (C=O) groups excluding carboxylic acids is 2. The second-order valence-corrected chi connectivity index (χ2v) is 21.6. The second-order valence-electron chi connectivity index (χ2n) is 21.6. The number of aryl methyl sites for hydroxylation is 1. The minimum absolute atomic E-state index is 0.00228. The number of Topliss-reactive ketones (excluding diaryl/α,β-unsaturated/α-hetero) is 2. The van der Waals surface area contributed by atoms with E-state index in [1.807, 2.05) is 26.1 Å². The minimum atomic E-state index is -0.726. The maximum absolute atomic E-state index is 15.1. The molecule has 10 atom stereocenters. The Morgan fingerprint density at radius 1 is 0.982 bits per heavy atom. The molecule has 56 heavy (non-hydrogen) atoms. The first-order valence-electron chi connectivity index (χ1n) is 21.5. The molecule has 8 nitrogen and oxygen atoms in total. The van der Waals surface area contributed by atoms with Crippen LogP contribution in [0.5, 0.6) is 0 Å². The van der Waals surface area contributed by atoms with Crippen LogP contribution in [0.4, 0.5) is 0 Å². The number of hydrogen-bond acceptors (Lipinski definition) is 8. The molecule has 1 aromatic rings. The summed E-state index contributed by atoms with van der Waals surface area (Å²) in [5.74, 6) is 0.249. The predicted octanol–water partition coefficient (Wildman–Crippen LogP) is 7.36. The molecule has 1 aromatic carbocycles. The van der Waals surface area contributed by atoms with Gasteiger partial charge in [-0.3, -0.25) is 14.6 Å². The Morgan fingerprint density at radius 3 is 2.39 bits per heavy atom. The molecule has 0 bridgehead atoms. The number of epoxide rings is 1. The van der Waals surface area contributed by atoms with Crippen LogP contribution in [-0.4, -0.2) is 75.0 Å². The van der Waals surface area contributed by atoms with Crippen molar-refractivity contribution in [1.29, 1.82) is 0 Å². The topological polar surface area (TPSA) is 123 Å². The molecule has 3 saturated carbocycles. The Bertz CT molecular complexity index is 2060. The van der Waals surface area contributed by atoms with E-state index in [4.69, 9.17) is 9.73 Å². The van der Waals surface area contributed by atoms with Crippen molar-refractivity contribution in [2.75, 3.05) is 13.1 Å². The molecule has 0 spiro atoms. The lowest BCUT2D eigenvalue weighted by molar-refractivity contribution is -0.219. The number of allylic oxidation sites excluding steroid dienone is 2. The average molecular weight is 765 g/mol. The Balaban J connectivity index is 1.20.